The van der Waals surface area contributed by atoms with Gasteiger partial charge in [-0.3, -0.25) is 4.79 Å². The highest BCUT2D eigenvalue weighted by Gasteiger charge is 2.36. The summed E-state index contributed by atoms with van der Waals surface area (Å²) in [5.74, 6) is 0.123. The van der Waals surface area contributed by atoms with Gasteiger partial charge in [-0.2, -0.15) is 0 Å². The molecule has 1 rings (SSSR count). The Morgan fingerprint density at radius 3 is 2.44 bits per heavy atom. The quantitative estimate of drug-likeness (QED) is 0.499. The van der Waals surface area contributed by atoms with Crippen molar-refractivity contribution in [1.29, 1.82) is 0 Å². The molecule has 0 aliphatic heterocycles. The SMILES string of the molecule is CC(O)CCCNC(=O)C1(CN)CCCCCC1. The minimum Gasteiger partial charge on any atom is -0.393 e. The van der Waals surface area contributed by atoms with Gasteiger partial charge < -0.3 is 16.2 Å². The Bertz CT molecular complexity index is 246. The molecule has 18 heavy (non-hydrogen) atoms. The van der Waals surface area contributed by atoms with Crippen LogP contribution in [0.25, 0.3) is 0 Å². The van der Waals surface area contributed by atoms with Gasteiger partial charge in [-0.1, -0.05) is 25.7 Å². The fourth-order valence-electron chi connectivity index (χ4n) is 2.72. The molecule has 1 aliphatic rings. The largest absolute Gasteiger partial charge is 0.393 e. The molecule has 1 aliphatic carbocycles. The summed E-state index contributed by atoms with van der Waals surface area (Å²) in [5, 5.41) is 12.2. The lowest BCUT2D eigenvalue weighted by Crippen LogP contribution is -2.46. The van der Waals surface area contributed by atoms with Crippen LogP contribution in [0, 0.1) is 5.41 Å². The van der Waals surface area contributed by atoms with Crippen LogP contribution < -0.4 is 11.1 Å². The molecular formula is C14H28N2O2. The number of carbonyl (C=O) groups is 1. The van der Waals surface area contributed by atoms with Crippen molar-refractivity contribution in [3.05, 3.63) is 0 Å². The summed E-state index contributed by atoms with van der Waals surface area (Å²) in [6.07, 6.45) is 7.77. The first kappa shape index (κ1) is 15.4. The third kappa shape index (κ3) is 4.58. The Morgan fingerprint density at radius 1 is 1.33 bits per heavy atom. The van der Waals surface area contributed by atoms with Crippen LogP contribution >= 0.6 is 0 Å². The summed E-state index contributed by atoms with van der Waals surface area (Å²) < 4.78 is 0. The smallest absolute Gasteiger partial charge is 0.227 e. The van der Waals surface area contributed by atoms with E-state index in [9.17, 15) is 4.79 Å². The molecule has 0 aromatic heterocycles. The second-order valence-corrected chi connectivity index (χ2v) is 5.65. The van der Waals surface area contributed by atoms with Crippen LogP contribution in [0.4, 0.5) is 0 Å². The van der Waals surface area contributed by atoms with E-state index in [0.717, 1.165) is 38.5 Å². The number of nitrogens with one attached hydrogen (secondary N) is 1. The van der Waals surface area contributed by atoms with Crippen molar-refractivity contribution < 1.29 is 9.90 Å². The summed E-state index contributed by atoms with van der Waals surface area (Å²) in [5.41, 5.74) is 5.53. The van der Waals surface area contributed by atoms with E-state index < -0.39 is 0 Å². The lowest BCUT2D eigenvalue weighted by atomic mass is 9.79. The molecule has 4 heteroatoms. The van der Waals surface area contributed by atoms with Crippen molar-refractivity contribution >= 4 is 5.91 Å². The van der Waals surface area contributed by atoms with Crippen LogP contribution in [0.5, 0.6) is 0 Å². The maximum Gasteiger partial charge on any atom is 0.227 e. The molecule has 1 fully saturated rings. The summed E-state index contributed by atoms with van der Waals surface area (Å²) >= 11 is 0. The van der Waals surface area contributed by atoms with Crippen LogP contribution in [0.3, 0.4) is 0 Å². The van der Waals surface area contributed by atoms with Crippen LogP contribution in [0.2, 0.25) is 0 Å². The second kappa shape index (κ2) is 7.74. The van der Waals surface area contributed by atoms with Crippen LogP contribution in [0.15, 0.2) is 0 Å². The van der Waals surface area contributed by atoms with E-state index in [2.05, 4.69) is 5.32 Å². The maximum absolute atomic E-state index is 12.3. The van der Waals surface area contributed by atoms with Crippen molar-refractivity contribution in [2.75, 3.05) is 13.1 Å². The zero-order valence-corrected chi connectivity index (χ0v) is 11.6. The minimum absolute atomic E-state index is 0.123. The number of hydrogen-bond donors (Lipinski definition) is 3. The van der Waals surface area contributed by atoms with E-state index in [-0.39, 0.29) is 17.4 Å². The van der Waals surface area contributed by atoms with Crippen molar-refractivity contribution in [2.24, 2.45) is 11.1 Å². The molecule has 0 bridgehead atoms. The normalized spacial score (nSPS) is 21.1. The highest BCUT2D eigenvalue weighted by Crippen LogP contribution is 2.34. The standard InChI is InChI=1S/C14H28N2O2/c1-12(17)7-6-10-16-13(18)14(11-15)8-4-2-3-5-9-14/h12,17H,2-11,15H2,1H3,(H,16,18). The number of amides is 1. The molecule has 4 N–H and O–H groups in total. The average Bonchev–Trinajstić information content (AvgIpc) is 2.60. The molecule has 106 valence electrons. The van der Waals surface area contributed by atoms with Gasteiger partial charge in [0.1, 0.15) is 0 Å². The van der Waals surface area contributed by atoms with Crippen molar-refractivity contribution in [3.8, 4) is 0 Å². The van der Waals surface area contributed by atoms with Gasteiger partial charge in [0.05, 0.1) is 11.5 Å². The van der Waals surface area contributed by atoms with Gasteiger partial charge in [0.15, 0.2) is 0 Å². The van der Waals surface area contributed by atoms with E-state index in [1.54, 1.807) is 6.92 Å². The predicted octanol–water partition coefficient (Wildman–Crippen LogP) is 1.56. The van der Waals surface area contributed by atoms with E-state index in [1.165, 1.54) is 12.8 Å². The fraction of sp³-hybridized carbons (Fsp3) is 0.929. The van der Waals surface area contributed by atoms with E-state index in [0.29, 0.717) is 13.1 Å². The van der Waals surface area contributed by atoms with Crippen molar-refractivity contribution in [1.82, 2.24) is 5.32 Å². The highest BCUT2D eigenvalue weighted by molar-refractivity contribution is 5.82. The molecule has 1 saturated carbocycles. The molecule has 0 aromatic carbocycles. The zero-order valence-electron chi connectivity index (χ0n) is 11.6. The topological polar surface area (TPSA) is 75.3 Å². The Labute approximate surface area is 110 Å². The lowest BCUT2D eigenvalue weighted by Gasteiger charge is -2.29. The Hall–Kier alpha value is -0.610. The third-order valence-corrected chi connectivity index (χ3v) is 4.02. The Balaban J connectivity index is 2.40. The zero-order chi connectivity index (χ0) is 13.4. The third-order valence-electron chi connectivity index (χ3n) is 4.02. The molecule has 0 radical (unpaired) electrons. The van der Waals surface area contributed by atoms with Crippen LogP contribution in [-0.4, -0.2) is 30.2 Å². The van der Waals surface area contributed by atoms with Gasteiger partial charge in [-0.25, -0.2) is 0 Å². The number of carbonyl (C=O) groups excluding carboxylic acids is 1. The van der Waals surface area contributed by atoms with Crippen molar-refractivity contribution in [2.45, 2.75) is 64.4 Å². The second-order valence-electron chi connectivity index (χ2n) is 5.65. The maximum atomic E-state index is 12.3. The number of aliphatic hydroxyl groups excluding tert-OH is 1. The van der Waals surface area contributed by atoms with Gasteiger partial charge in [0, 0.05) is 13.1 Å². The van der Waals surface area contributed by atoms with Crippen LogP contribution in [-0.2, 0) is 4.79 Å². The van der Waals surface area contributed by atoms with E-state index in [1.807, 2.05) is 0 Å². The minimum atomic E-state index is -0.332. The molecule has 0 heterocycles. The first-order valence-corrected chi connectivity index (χ1v) is 7.27. The lowest BCUT2D eigenvalue weighted by molar-refractivity contribution is -0.131. The molecule has 1 amide bonds. The molecule has 0 aromatic rings. The molecule has 4 nitrogen and oxygen atoms in total. The average molecular weight is 256 g/mol. The van der Waals surface area contributed by atoms with E-state index in [4.69, 9.17) is 10.8 Å². The van der Waals surface area contributed by atoms with Gasteiger partial charge in [-0.15, -0.1) is 0 Å². The monoisotopic (exact) mass is 256 g/mol. The highest BCUT2D eigenvalue weighted by atomic mass is 16.3. The molecule has 1 unspecified atom stereocenters. The number of nitrogens with two attached hydrogens (primary N) is 1. The summed E-state index contributed by atoms with van der Waals surface area (Å²) in [6.45, 7) is 2.87. The Kier molecular flexibility index (Phi) is 6.65. The van der Waals surface area contributed by atoms with Gasteiger partial charge in [0.25, 0.3) is 0 Å². The Morgan fingerprint density at radius 2 is 1.94 bits per heavy atom. The van der Waals surface area contributed by atoms with Gasteiger partial charge in [0.2, 0.25) is 5.91 Å². The summed E-state index contributed by atoms with van der Waals surface area (Å²) in [7, 11) is 0. The number of rotatable bonds is 6. The molecule has 0 spiro atoms. The first-order chi connectivity index (χ1) is 8.60. The molecule has 0 saturated heterocycles. The fourth-order valence-corrected chi connectivity index (χ4v) is 2.72. The molecular weight excluding hydrogens is 228 g/mol. The van der Waals surface area contributed by atoms with Gasteiger partial charge >= 0.3 is 0 Å². The van der Waals surface area contributed by atoms with Gasteiger partial charge in [-0.05, 0) is 32.6 Å². The predicted molar refractivity (Wildman–Crippen MR) is 73.1 cm³/mol. The van der Waals surface area contributed by atoms with Crippen molar-refractivity contribution in [3.63, 3.8) is 0 Å². The van der Waals surface area contributed by atoms with Crippen LogP contribution in [0.1, 0.15) is 58.3 Å². The van der Waals surface area contributed by atoms with E-state index >= 15 is 0 Å². The number of hydrogen-bond acceptors (Lipinski definition) is 3. The molecule has 1 atom stereocenters. The number of aliphatic hydroxyl groups is 1. The first-order valence-electron chi connectivity index (χ1n) is 7.27. The summed E-state index contributed by atoms with van der Waals surface area (Å²) in [4.78, 5) is 12.3. The summed E-state index contributed by atoms with van der Waals surface area (Å²) in [6, 6.07) is 0.